The molecule has 3 rings (SSSR count). The van der Waals surface area contributed by atoms with Gasteiger partial charge in [-0.05, 0) is 48.1 Å². The van der Waals surface area contributed by atoms with Crippen LogP contribution in [-0.2, 0) is 5.41 Å². The van der Waals surface area contributed by atoms with E-state index in [9.17, 15) is 0 Å². The Morgan fingerprint density at radius 1 is 0.944 bits per heavy atom. The third kappa shape index (κ3) is 2.33. The SMILES string of the molecule is CC(C)(C)c1ccc([C@@H]2C[C@H]3CC[C@@H](C2)N3)cc1. The molecule has 0 unspecified atom stereocenters. The molecule has 0 radical (unpaired) electrons. The van der Waals surface area contributed by atoms with E-state index in [0.717, 1.165) is 18.0 Å². The van der Waals surface area contributed by atoms with Gasteiger partial charge in [0.25, 0.3) is 0 Å². The van der Waals surface area contributed by atoms with Gasteiger partial charge < -0.3 is 5.32 Å². The fraction of sp³-hybridized carbons (Fsp3) is 0.647. The Morgan fingerprint density at radius 2 is 1.50 bits per heavy atom. The van der Waals surface area contributed by atoms with E-state index in [1.807, 2.05) is 0 Å². The monoisotopic (exact) mass is 243 g/mol. The predicted octanol–water partition coefficient (Wildman–Crippen LogP) is 3.98. The number of piperidine rings is 1. The molecule has 0 saturated carbocycles. The van der Waals surface area contributed by atoms with E-state index >= 15 is 0 Å². The van der Waals surface area contributed by atoms with Gasteiger partial charge in [-0.25, -0.2) is 0 Å². The molecule has 0 aliphatic carbocycles. The summed E-state index contributed by atoms with van der Waals surface area (Å²) in [6.07, 6.45) is 5.46. The molecule has 98 valence electrons. The van der Waals surface area contributed by atoms with Crippen molar-refractivity contribution in [2.45, 2.75) is 69.9 Å². The third-order valence-electron chi connectivity index (χ3n) is 4.72. The molecule has 2 aliphatic heterocycles. The number of hydrogen-bond donors (Lipinski definition) is 1. The summed E-state index contributed by atoms with van der Waals surface area (Å²) in [6, 6.07) is 11.0. The van der Waals surface area contributed by atoms with Crippen LogP contribution < -0.4 is 5.32 Å². The van der Waals surface area contributed by atoms with Crippen molar-refractivity contribution >= 4 is 0 Å². The van der Waals surface area contributed by atoms with Gasteiger partial charge in [0.1, 0.15) is 0 Å². The summed E-state index contributed by atoms with van der Waals surface area (Å²) in [7, 11) is 0. The molecule has 2 aliphatic rings. The standard InChI is InChI=1S/C17H25N/c1-17(2,3)14-6-4-12(5-7-14)13-10-15-8-9-16(11-13)18-15/h4-7,13,15-16,18H,8-11H2,1-3H3/t13-,15-,16+. The first-order valence-electron chi connectivity index (χ1n) is 7.39. The maximum absolute atomic E-state index is 3.73. The average Bonchev–Trinajstić information content (AvgIpc) is 2.67. The van der Waals surface area contributed by atoms with Gasteiger partial charge in [0.05, 0.1) is 0 Å². The second-order valence-electron chi connectivity index (χ2n) is 7.18. The molecule has 0 spiro atoms. The maximum Gasteiger partial charge on any atom is 0.00760 e. The largest absolute Gasteiger partial charge is 0.311 e. The second-order valence-corrected chi connectivity index (χ2v) is 7.18. The molecule has 18 heavy (non-hydrogen) atoms. The van der Waals surface area contributed by atoms with E-state index in [-0.39, 0.29) is 5.41 Å². The zero-order chi connectivity index (χ0) is 12.8. The molecule has 0 aromatic heterocycles. The van der Waals surface area contributed by atoms with Crippen molar-refractivity contribution in [2.24, 2.45) is 0 Å². The van der Waals surface area contributed by atoms with Crippen molar-refractivity contribution in [3.8, 4) is 0 Å². The summed E-state index contributed by atoms with van der Waals surface area (Å²) in [4.78, 5) is 0. The fourth-order valence-electron chi connectivity index (χ4n) is 3.58. The Balaban J connectivity index is 1.77. The summed E-state index contributed by atoms with van der Waals surface area (Å²) in [5.74, 6) is 0.790. The molecule has 2 saturated heterocycles. The van der Waals surface area contributed by atoms with Crippen LogP contribution in [0.5, 0.6) is 0 Å². The van der Waals surface area contributed by atoms with E-state index < -0.39 is 0 Å². The summed E-state index contributed by atoms with van der Waals surface area (Å²) >= 11 is 0. The molecule has 2 fully saturated rings. The molecule has 2 heterocycles. The topological polar surface area (TPSA) is 12.0 Å². The lowest BCUT2D eigenvalue weighted by Gasteiger charge is -2.30. The van der Waals surface area contributed by atoms with E-state index in [1.165, 1.54) is 31.2 Å². The smallest absolute Gasteiger partial charge is 0.00760 e. The van der Waals surface area contributed by atoms with Gasteiger partial charge in [0.15, 0.2) is 0 Å². The van der Waals surface area contributed by atoms with Crippen LogP contribution in [0.2, 0.25) is 0 Å². The number of fused-ring (bicyclic) bond motifs is 2. The maximum atomic E-state index is 3.73. The highest BCUT2D eigenvalue weighted by molar-refractivity contribution is 5.30. The summed E-state index contributed by atoms with van der Waals surface area (Å²) in [5.41, 5.74) is 3.27. The van der Waals surface area contributed by atoms with Gasteiger partial charge in [0.2, 0.25) is 0 Å². The fourth-order valence-corrected chi connectivity index (χ4v) is 3.58. The van der Waals surface area contributed by atoms with Gasteiger partial charge in [-0.1, -0.05) is 45.0 Å². The molecule has 1 N–H and O–H groups in total. The van der Waals surface area contributed by atoms with Crippen LogP contribution in [0.1, 0.15) is 63.5 Å². The van der Waals surface area contributed by atoms with E-state index in [2.05, 4.69) is 50.4 Å². The summed E-state index contributed by atoms with van der Waals surface area (Å²) in [6.45, 7) is 6.85. The van der Waals surface area contributed by atoms with Crippen molar-refractivity contribution in [2.75, 3.05) is 0 Å². The number of nitrogens with one attached hydrogen (secondary N) is 1. The van der Waals surface area contributed by atoms with Crippen LogP contribution in [-0.4, -0.2) is 12.1 Å². The van der Waals surface area contributed by atoms with Gasteiger partial charge in [0, 0.05) is 12.1 Å². The molecule has 1 aromatic rings. The molecule has 0 amide bonds. The van der Waals surface area contributed by atoms with Gasteiger partial charge >= 0.3 is 0 Å². The molecular formula is C17H25N. The van der Waals surface area contributed by atoms with Crippen LogP contribution in [0.25, 0.3) is 0 Å². The lowest BCUT2D eigenvalue weighted by Crippen LogP contribution is -2.37. The van der Waals surface area contributed by atoms with Crippen molar-refractivity contribution in [1.29, 1.82) is 0 Å². The van der Waals surface area contributed by atoms with E-state index in [0.29, 0.717) is 0 Å². The van der Waals surface area contributed by atoms with Crippen LogP contribution in [0.15, 0.2) is 24.3 Å². The lowest BCUT2D eigenvalue weighted by molar-refractivity contribution is 0.363. The lowest BCUT2D eigenvalue weighted by atomic mass is 9.82. The first-order chi connectivity index (χ1) is 8.52. The van der Waals surface area contributed by atoms with Crippen molar-refractivity contribution in [3.05, 3.63) is 35.4 Å². The number of benzene rings is 1. The van der Waals surface area contributed by atoms with Crippen molar-refractivity contribution in [1.82, 2.24) is 5.32 Å². The Labute approximate surface area is 111 Å². The van der Waals surface area contributed by atoms with Crippen LogP contribution in [0, 0.1) is 0 Å². The summed E-state index contributed by atoms with van der Waals surface area (Å²) in [5, 5.41) is 3.73. The van der Waals surface area contributed by atoms with Crippen molar-refractivity contribution < 1.29 is 0 Å². The Hall–Kier alpha value is -0.820. The molecule has 2 bridgehead atoms. The first-order valence-corrected chi connectivity index (χ1v) is 7.39. The minimum absolute atomic E-state index is 0.270. The molecule has 3 atom stereocenters. The minimum Gasteiger partial charge on any atom is -0.311 e. The average molecular weight is 243 g/mol. The van der Waals surface area contributed by atoms with E-state index in [4.69, 9.17) is 0 Å². The molecule has 1 aromatic carbocycles. The number of rotatable bonds is 1. The quantitative estimate of drug-likeness (QED) is 0.786. The Morgan fingerprint density at radius 3 is 2.00 bits per heavy atom. The third-order valence-corrected chi connectivity index (χ3v) is 4.72. The number of hydrogen-bond acceptors (Lipinski definition) is 1. The van der Waals surface area contributed by atoms with Crippen LogP contribution in [0.3, 0.4) is 0 Å². The zero-order valence-corrected chi connectivity index (χ0v) is 11.9. The highest BCUT2D eigenvalue weighted by Gasteiger charge is 2.33. The van der Waals surface area contributed by atoms with Gasteiger partial charge in [-0.15, -0.1) is 0 Å². The predicted molar refractivity (Wildman–Crippen MR) is 77.1 cm³/mol. The normalized spacial score (nSPS) is 31.6. The van der Waals surface area contributed by atoms with Crippen LogP contribution >= 0.6 is 0 Å². The van der Waals surface area contributed by atoms with Crippen molar-refractivity contribution in [3.63, 3.8) is 0 Å². The Kier molecular flexibility index (Phi) is 2.97. The zero-order valence-electron chi connectivity index (χ0n) is 11.9. The molecular weight excluding hydrogens is 218 g/mol. The van der Waals surface area contributed by atoms with Crippen LogP contribution in [0.4, 0.5) is 0 Å². The second kappa shape index (κ2) is 4.38. The Bertz CT molecular complexity index is 400. The highest BCUT2D eigenvalue weighted by Crippen LogP contribution is 2.37. The highest BCUT2D eigenvalue weighted by atomic mass is 15.0. The van der Waals surface area contributed by atoms with Gasteiger partial charge in [-0.3, -0.25) is 0 Å². The van der Waals surface area contributed by atoms with Gasteiger partial charge in [-0.2, -0.15) is 0 Å². The molecule has 1 heteroatoms. The first kappa shape index (κ1) is 12.2. The summed E-state index contributed by atoms with van der Waals surface area (Å²) < 4.78 is 0. The molecule has 1 nitrogen and oxygen atoms in total. The minimum atomic E-state index is 0.270. The van der Waals surface area contributed by atoms with E-state index in [1.54, 1.807) is 5.56 Å².